The van der Waals surface area contributed by atoms with Gasteiger partial charge in [-0.25, -0.2) is 17.6 Å². The van der Waals surface area contributed by atoms with E-state index in [1.165, 1.54) is 31.0 Å². The largest absolute Gasteiger partial charge is 0.207 e. The maximum atomic E-state index is 14.8. The molecule has 27 heavy (non-hydrogen) atoms. The topological polar surface area (TPSA) is 0 Å². The Labute approximate surface area is 158 Å². The van der Waals surface area contributed by atoms with Gasteiger partial charge in [-0.15, -0.1) is 0 Å². The Kier molecular flexibility index (Phi) is 6.23. The summed E-state index contributed by atoms with van der Waals surface area (Å²) in [6.07, 6.45) is 6.53. The summed E-state index contributed by atoms with van der Waals surface area (Å²) in [6, 6.07) is 6.21. The molecule has 0 aliphatic heterocycles. The lowest BCUT2D eigenvalue weighted by molar-refractivity contribution is 0.307. The van der Waals surface area contributed by atoms with Crippen LogP contribution in [0.5, 0.6) is 0 Å². The molecule has 1 fully saturated rings. The molecule has 0 N–H and O–H groups in total. The Hall–Kier alpha value is -1.84. The van der Waals surface area contributed by atoms with Crippen molar-refractivity contribution in [1.82, 2.24) is 0 Å². The molecular weight excluding hydrogens is 352 g/mol. The van der Waals surface area contributed by atoms with Gasteiger partial charge in [0.2, 0.25) is 0 Å². The third-order valence-corrected chi connectivity index (χ3v) is 5.99. The fraction of sp³-hybridized carbons (Fsp3) is 0.478. The van der Waals surface area contributed by atoms with Crippen molar-refractivity contribution in [2.24, 2.45) is 5.92 Å². The average Bonchev–Trinajstić information content (AvgIpc) is 2.64. The zero-order valence-corrected chi connectivity index (χ0v) is 15.9. The van der Waals surface area contributed by atoms with Gasteiger partial charge in [0.1, 0.15) is 11.6 Å². The van der Waals surface area contributed by atoms with Crippen LogP contribution in [-0.4, -0.2) is 0 Å². The maximum absolute atomic E-state index is 14.8. The van der Waals surface area contributed by atoms with Gasteiger partial charge in [-0.2, -0.15) is 0 Å². The predicted molar refractivity (Wildman–Crippen MR) is 99.8 cm³/mol. The molecule has 2 aromatic rings. The second-order valence-electron chi connectivity index (χ2n) is 7.80. The quantitative estimate of drug-likeness (QED) is 0.473. The number of rotatable bonds is 5. The Morgan fingerprint density at radius 2 is 1.48 bits per heavy atom. The van der Waals surface area contributed by atoms with E-state index in [0.717, 1.165) is 43.7 Å². The SMILES string of the molecule is CCCC1CCC(c2cc(F)c(C(C)c3ccc(F)c(F)c3)c(F)c2)CC1. The Morgan fingerprint density at radius 1 is 0.852 bits per heavy atom. The monoisotopic (exact) mass is 378 g/mol. The lowest BCUT2D eigenvalue weighted by Crippen LogP contribution is -2.14. The first-order chi connectivity index (χ1) is 12.9. The minimum atomic E-state index is -1.01. The summed E-state index contributed by atoms with van der Waals surface area (Å²) in [5, 5.41) is 0. The van der Waals surface area contributed by atoms with Crippen molar-refractivity contribution in [3.05, 3.63) is 70.3 Å². The second-order valence-corrected chi connectivity index (χ2v) is 7.80. The molecule has 0 radical (unpaired) electrons. The highest BCUT2D eigenvalue weighted by Crippen LogP contribution is 2.39. The highest BCUT2D eigenvalue weighted by Gasteiger charge is 2.25. The molecule has 0 saturated heterocycles. The van der Waals surface area contributed by atoms with E-state index in [2.05, 4.69) is 6.92 Å². The van der Waals surface area contributed by atoms with Crippen LogP contribution >= 0.6 is 0 Å². The molecule has 146 valence electrons. The van der Waals surface area contributed by atoms with Crippen LogP contribution in [0.4, 0.5) is 17.6 Å². The molecule has 1 unspecified atom stereocenters. The van der Waals surface area contributed by atoms with Crippen LogP contribution in [0.1, 0.15) is 80.9 Å². The van der Waals surface area contributed by atoms with Gasteiger partial charge in [-0.3, -0.25) is 0 Å². The average molecular weight is 378 g/mol. The van der Waals surface area contributed by atoms with Crippen molar-refractivity contribution < 1.29 is 17.6 Å². The zero-order valence-electron chi connectivity index (χ0n) is 15.9. The van der Waals surface area contributed by atoms with Gasteiger partial charge >= 0.3 is 0 Å². The minimum absolute atomic E-state index is 0.0931. The van der Waals surface area contributed by atoms with E-state index in [4.69, 9.17) is 0 Å². The third kappa shape index (κ3) is 4.36. The van der Waals surface area contributed by atoms with E-state index in [1.54, 1.807) is 6.92 Å². The summed E-state index contributed by atoms with van der Waals surface area (Å²) >= 11 is 0. The first-order valence-corrected chi connectivity index (χ1v) is 9.84. The van der Waals surface area contributed by atoms with E-state index < -0.39 is 29.2 Å². The van der Waals surface area contributed by atoms with Gasteiger partial charge in [0.05, 0.1) is 0 Å². The number of hydrogen-bond acceptors (Lipinski definition) is 0. The molecule has 1 atom stereocenters. The van der Waals surface area contributed by atoms with E-state index in [-0.39, 0.29) is 11.5 Å². The minimum Gasteiger partial charge on any atom is -0.207 e. The van der Waals surface area contributed by atoms with Crippen molar-refractivity contribution >= 4 is 0 Å². The summed E-state index contributed by atoms with van der Waals surface area (Å²) < 4.78 is 56.2. The molecular formula is C23H26F4. The van der Waals surface area contributed by atoms with E-state index >= 15 is 0 Å². The molecule has 3 rings (SSSR count). The van der Waals surface area contributed by atoms with Crippen molar-refractivity contribution in [3.8, 4) is 0 Å². The van der Waals surface area contributed by atoms with Crippen molar-refractivity contribution in [2.45, 2.75) is 64.2 Å². The van der Waals surface area contributed by atoms with Crippen LogP contribution < -0.4 is 0 Å². The van der Waals surface area contributed by atoms with Crippen molar-refractivity contribution in [1.29, 1.82) is 0 Å². The molecule has 2 aromatic carbocycles. The zero-order chi connectivity index (χ0) is 19.6. The Morgan fingerprint density at radius 3 is 2.04 bits per heavy atom. The van der Waals surface area contributed by atoms with Gasteiger partial charge in [0.25, 0.3) is 0 Å². The van der Waals surface area contributed by atoms with Crippen LogP contribution in [0.25, 0.3) is 0 Å². The molecule has 0 amide bonds. The van der Waals surface area contributed by atoms with E-state index in [9.17, 15) is 17.6 Å². The Bertz CT molecular complexity index is 768. The standard InChI is InChI=1S/C23H26F4/c1-3-4-15-5-7-16(8-6-15)18-12-21(26)23(22(27)13-18)14(2)17-9-10-19(24)20(25)11-17/h9-16H,3-8H2,1-2H3. The smallest absolute Gasteiger partial charge is 0.159 e. The summed E-state index contributed by atoms with van der Waals surface area (Å²) in [4.78, 5) is 0. The van der Waals surface area contributed by atoms with Crippen LogP contribution in [0.15, 0.2) is 30.3 Å². The van der Waals surface area contributed by atoms with Crippen molar-refractivity contribution in [2.75, 3.05) is 0 Å². The molecule has 0 heterocycles. The third-order valence-electron chi connectivity index (χ3n) is 5.99. The highest BCUT2D eigenvalue weighted by molar-refractivity contribution is 5.37. The summed E-state index contributed by atoms with van der Waals surface area (Å²) in [7, 11) is 0. The predicted octanol–water partition coefficient (Wildman–Crippen LogP) is 7.47. The van der Waals surface area contributed by atoms with Crippen LogP contribution in [0.3, 0.4) is 0 Å². The molecule has 1 saturated carbocycles. The normalized spacial score (nSPS) is 21.3. The van der Waals surface area contributed by atoms with Gasteiger partial charge < -0.3 is 0 Å². The molecule has 0 spiro atoms. The second kappa shape index (κ2) is 8.45. The summed E-state index contributed by atoms with van der Waals surface area (Å²) in [5.41, 5.74) is 0.963. The van der Waals surface area contributed by atoms with Gasteiger partial charge in [0, 0.05) is 11.5 Å². The summed E-state index contributed by atoms with van der Waals surface area (Å²) in [6.45, 7) is 3.79. The molecule has 1 aliphatic rings. The van der Waals surface area contributed by atoms with Crippen molar-refractivity contribution in [3.63, 3.8) is 0 Å². The van der Waals surface area contributed by atoms with Gasteiger partial charge in [-0.05, 0) is 72.9 Å². The Balaban J connectivity index is 1.82. The number of benzene rings is 2. The van der Waals surface area contributed by atoms with Crippen LogP contribution in [0, 0.1) is 29.2 Å². The number of halogens is 4. The first kappa shape index (κ1) is 19.9. The fourth-order valence-electron chi connectivity index (χ4n) is 4.39. The van der Waals surface area contributed by atoms with E-state index in [1.807, 2.05) is 0 Å². The lowest BCUT2D eigenvalue weighted by Gasteiger charge is -2.29. The molecule has 1 aliphatic carbocycles. The summed E-state index contributed by atoms with van der Waals surface area (Å²) in [5.74, 6) is -2.99. The van der Waals surface area contributed by atoms with Gasteiger partial charge in [-0.1, -0.05) is 32.8 Å². The fourth-order valence-corrected chi connectivity index (χ4v) is 4.39. The molecule has 0 aromatic heterocycles. The van der Waals surface area contributed by atoms with Gasteiger partial charge in [0.15, 0.2) is 11.6 Å². The van der Waals surface area contributed by atoms with Crippen LogP contribution in [0.2, 0.25) is 0 Å². The van der Waals surface area contributed by atoms with Crippen LogP contribution in [-0.2, 0) is 0 Å². The number of hydrogen-bond donors (Lipinski definition) is 0. The highest BCUT2D eigenvalue weighted by atomic mass is 19.2. The molecule has 4 heteroatoms. The molecule has 0 bridgehead atoms. The first-order valence-electron chi connectivity index (χ1n) is 9.84. The van der Waals surface area contributed by atoms with E-state index in [0.29, 0.717) is 11.1 Å². The maximum Gasteiger partial charge on any atom is 0.159 e. The molecule has 0 nitrogen and oxygen atoms in total. The lowest BCUT2D eigenvalue weighted by atomic mass is 9.77.